The molecule has 0 aliphatic rings. The van der Waals surface area contributed by atoms with Crippen LogP contribution in [0.3, 0.4) is 0 Å². The highest BCUT2D eigenvalue weighted by Gasteiger charge is 2.29. The number of amides is 2. The van der Waals surface area contributed by atoms with Crippen molar-refractivity contribution < 1.29 is 27.2 Å². The molecule has 2 aromatic rings. The van der Waals surface area contributed by atoms with Gasteiger partial charge in [0.05, 0.1) is 31.3 Å². The number of hydrogen-bond acceptors (Lipinski definition) is 3. The quantitative estimate of drug-likeness (QED) is 0.847. The summed E-state index contributed by atoms with van der Waals surface area (Å²) in [6.45, 7) is -0.0131. The molecule has 0 saturated heterocycles. The van der Waals surface area contributed by atoms with Gasteiger partial charge in [-0.1, -0.05) is 12.1 Å². The number of rotatable bonds is 6. The van der Waals surface area contributed by atoms with Crippen molar-refractivity contribution in [2.24, 2.45) is 0 Å². The Kier molecular flexibility index (Phi) is 5.62. The van der Waals surface area contributed by atoms with Gasteiger partial charge in [0.1, 0.15) is 5.76 Å². The van der Waals surface area contributed by atoms with Crippen molar-refractivity contribution in [1.29, 1.82) is 0 Å². The molecule has 0 saturated carbocycles. The predicted octanol–water partition coefficient (Wildman–Crippen LogP) is 2.27. The largest absolute Gasteiger partial charge is 0.467 e. The zero-order chi connectivity index (χ0) is 17.6. The number of halogens is 3. The zero-order valence-electron chi connectivity index (χ0n) is 12.5. The third-order valence-corrected chi connectivity index (χ3v) is 3.13. The van der Waals surface area contributed by atoms with Crippen LogP contribution >= 0.6 is 0 Å². The molecule has 1 heterocycles. The highest BCUT2D eigenvalue weighted by atomic mass is 19.4. The van der Waals surface area contributed by atoms with Crippen molar-refractivity contribution in [3.05, 3.63) is 59.5 Å². The Balaban J connectivity index is 1.73. The van der Waals surface area contributed by atoms with Gasteiger partial charge in [-0.15, -0.1) is 0 Å². The first-order valence-corrected chi connectivity index (χ1v) is 7.06. The smallest absolute Gasteiger partial charge is 0.416 e. The molecule has 2 amide bonds. The van der Waals surface area contributed by atoms with Gasteiger partial charge in [0, 0.05) is 0 Å². The van der Waals surface area contributed by atoms with Gasteiger partial charge in [-0.3, -0.25) is 9.59 Å². The van der Waals surface area contributed by atoms with E-state index >= 15 is 0 Å². The molecule has 0 aliphatic heterocycles. The standard InChI is InChI=1S/C16H15F3N2O3/c17-16(18,19)12-5-3-11(4-6-12)8-14(22)21-10-15(23)20-9-13-2-1-7-24-13/h1-7H,8-10H2,(H,20,23)(H,21,22). The molecule has 2 rings (SSSR count). The summed E-state index contributed by atoms with van der Waals surface area (Å²) in [6.07, 6.45) is -3.04. The minimum absolute atomic E-state index is 0.108. The molecule has 5 nitrogen and oxygen atoms in total. The van der Waals surface area contributed by atoms with Crippen LogP contribution in [-0.2, 0) is 28.7 Å². The molecule has 24 heavy (non-hydrogen) atoms. The van der Waals surface area contributed by atoms with E-state index in [1.807, 2.05) is 0 Å². The first kappa shape index (κ1) is 17.6. The molecule has 0 radical (unpaired) electrons. The summed E-state index contributed by atoms with van der Waals surface area (Å²) >= 11 is 0. The average molecular weight is 340 g/mol. The Labute approximate surface area is 135 Å². The Bertz CT molecular complexity index is 680. The number of carbonyl (C=O) groups excluding carboxylic acids is 2. The number of alkyl halides is 3. The van der Waals surface area contributed by atoms with Gasteiger partial charge in [-0.25, -0.2) is 0 Å². The lowest BCUT2D eigenvalue weighted by Crippen LogP contribution is -2.37. The summed E-state index contributed by atoms with van der Waals surface area (Å²) < 4.78 is 42.3. The second-order valence-corrected chi connectivity index (χ2v) is 5.00. The van der Waals surface area contributed by atoms with E-state index in [2.05, 4.69) is 10.6 Å². The lowest BCUT2D eigenvalue weighted by atomic mass is 10.1. The second kappa shape index (κ2) is 7.67. The lowest BCUT2D eigenvalue weighted by Gasteiger charge is -2.08. The third-order valence-electron chi connectivity index (χ3n) is 3.13. The van der Waals surface area contributed by atoms with E-state index < -0.39 is 23.6 Å². The van der Waals surface area contributed by atoms with Crippen LogP contribution in [0.25, 0.3) is 0 Å². The fourth-order valence-electron chi connectivity index (χ4n) is 1.90. The molecule has 0 unspecified atom stereocenters. The van der Waals surface area contributed by atoms with E-state index in [0.29, 0.717) is 11.3 Å². The van der Waals surface area contributed by atoms with Crippen LogP contribution in [-0.4, -0.2) is 18.4 Å². The van der Waals surface area contributed by atoms with E-state index in [9.17, 15) is 22.8 Å². The van der Waals surface area contributed by atoms with Crippen molar-refractivity contribution in [3.8, 4) is 0 Å². The van der Waals surface area contributed by atoms with Crippen molar-refractivity contribution in [2.75, 3.05) is 6.54 Å². The summed E-state index contributed by atoms with van der Waals surface area (Å²) in [4.78, 5) is 23.3. The summed E-state index contributed by atoms with van der Waals surface area (Å²) in [5, 5.41) is 4.96. The van der Waals surface area contributed by atoms with E-state index in [0.717, 1.165) is 12.1 Å². The third kappa shape index (κ3) is 5.45. The highest BCUT2D eigenvalue weighted by molar-refractivity contribution is 5.85. The first-order valence-electron chi connectivity index (χ1n) is 7.06. The summed E-state index contributed by atoms with van der Waals surface area (Å²) in [6, 6.07) is 7.69. The molecule has 0 atom stereocenters. The molecule has 1 aromatic carbocycles. The summed E-state index contributed by atoms with van der Waals surface area (Å²) in [5.74, 6) is -0.269. The molecule has 0 spiro atoms. The molecular formula is C16H15F3N2O3. The minimum atomic E-state index is -4.41. The maximum atomic E-state index is 12.4. The van der Waals surface area contributed by atoms with Crippen LogP contribution in [0.1, 0.15) is 16.9 Å². The van der Waals surface area contributed by atoms with E-state index in [-0.39, 0.29) is 19.5 Å². The SMILES string of the molecule is O=C(CNC(=O)Cc1ccc(C(F)(F)F)cc1)NCc1ccco1. The summed E-state index contributed by atoms with van der Waals surface area (Å²) in [5.41, 5.74) is -0.347. The number of benzene rings is 1. The zero-order valence-corrected chi connectivity index (χ0v) is 12.5. The predicted molar refractivity (Wildman–Crippen MR) is 78.7 cm³/mol. The van der Waals surface area contributed by atoms with Crippen molar-refractivity contribution in [1.82, 2.24) is 10.6 Å². The maximum Gasteiger partial charge on any atom is 0.416 e. The fraction of sp³-hybridized carbons (Fsp3) is 0.250. The van der Waals surface area contributed by atoms with Crippen LogP contribution in [0, 0.1) is 0 Å². The first-order chi connectivity index (χ1) is 11.3. The summed E-state index contributed by atoms with van der Waals surface area (Å²) in [7, 11) is 0. The Hall–Kier alpha value is -2.77. The van der Waals surface area contributed by atoms with E-state index in [1.54, 1.807) is 12.1 Å². The van der Waals surface area contributed by atoms with Gasteiger partial charge in [-0.05, 0) is 29.8 Å². The lowest BCUT2D eigenvalue weighted by molar-refractivity contribution is -0.137. The Morgan fingerprint density at radius 3 is 2.29 bits per heavy atom. The van der Waals surface area contributed by atoms with Crippen LogP contribution in [0.15, 0.2) is 47.1 Å². The van der Waals surface area contributed by atoms with Crippen LogP contribution < -0.4 is 10.6 Å². The monoisotopic (exact) mass is 340 g/mol. The number of furan rings is 1. The fourth-order valence-corrected chi connectivity index (χ4v) is 1.90. The number of carbonyl (C=O) groups is 2. The van der Waals surface area contributed by atoms with Gasteiger partial charge in [0.25, 0.3) is 0 Å². The Morgan fingerprint density at radius 2 is 1.71 bits per heavy atom. The van der Waals surface area contributed by atoms with Gasteiger partial charge in [0.15, 0.2) is 0 Å². The molecular weight excluding hydrogens is 325 g/mol. The maximum absolute atomic E-state index is 12.4. The second-order valence-electron chi connectivity index (χ2n) is 5.00. The van der Waals surface area contributed by atoms with Gasteiger partial charge in [-0.2, -0.15) is 13.2 Å². The van der Waals surface area contributed by atoms with E-state index in [1.165, 1.54) is 18.4 Å². The molecule has 2 N–H and O–H groups in total. The Morgan fingerprint density at radius 1 is 1.00 bits per heavy atom. The van der Waals surface area contributed by atoms with Gasteiger partial charge < -0.3 is 15.1 Å². The van der Waals surface area contributed by atoms with Gasteiger partial charge in [0.2, 0.25) is 11.8 Å². The molecule has 0 fully saturated rings. The molecule has 8 heteroatoms. The molecule has 128 valence electrons. The van der Waals surface area contributed by atoms with Crippen LogP contribution in [0.4, 0.5) is 13.2 Å². The molecule has 0 bridgehead atoms. The van der Waals surface area contributed by atoms with Crippen LogP contribution in [0.2, 0.25) is 0 Å². The molecule has 0 aliphatic carbocycles. The minimum Gasteiger partial charge on any atom is -0.467 e. The topological polar surface area (TPSA) is 71.3 Å². The normalized spacial score (nSPS) is 11.1. The number of nitrogens with one attached hydrogen (secondary N) is 2. The van der Waals surface area contributed by atoms with Crippen molar-refractivity contribution in [2.45, 2.75) is 19.1 Å². The van der Waals surface area contributed by atoms with Gasteiger partial charge >= 0.3 is 6.18 Å². The highest BCUT2D eigenvalue weighted by Crippen LogP contribution is 2.29. The van der Waals surface area contributed by atoms with Crippen LogP contribution in [0.5, 0.6) is 0 Å². The van der Waals surface area contributed by atoms with E-state index in [4.69, 9.17) is 4.42 Å². The van der Waals surface area contributed by atoms with Crippen molar-refractivity contribution in [3.63, 3.8) is 0 Å². The van der Waals surface area contributed by atoms with Crippen molar-refractivity contribution >= 4 is 11.8 Å². The molecule has 1 aromatic heterocycles. The number of hydrogen-bond donors (Lipinski definition) is 2. The average Bonchev–Trinajstić information content (AvgIpc) is 3.04.